The molecule has 0 aromatic heterocycles. The van der Waals surface area contributed by atoms with Gasteiger partial charge in [0, 0.05) is 6.42 Å². The van der Waals surface area contributed by atoms with Crippen molar-refractivity contribution in [2.45, 2.75) is 62.5 Å². The Morgan fingerprint density at radius 2 is 1.25 bits per heavy atom. The molecule has 2 fully saturated rings. The topological polar surface area (TPSA) is 74.2 Å². The first-order chi connectivity index (χ1) is 17.4. The highest BCUT2D eigenvalue weighted by molar-refractivity contribution is 5.66. The fraction of sp³-hybridized carbons (Fsp3) is 0.367. The molecule has 3 aromatic carbocycles. The molecule has 6 heteroatoms. The fourth-order valence-corrected chi connectivity index (χ4v) is 5.38. The van der Waals surface area contributed by atoms with E-state index >= 15 is 0 Å². The van der Waals surface area contributed by atoms with Crippen molar-refractivity contribution in [3.8, 4) is 0 Å². The zero-order chi connectivity index (χ0) is 25.2. The average molecular weight is 489 g/mol. The van der Waals surface area contributed by atoms with Gasteiger partial charge in [0.25, 0.3) is 0 Å². The molecule has 36 heavy (non-hydrogen) atoms. The van der Waals surface area contributed by atoms with Crippen molar-refractivity contribution in [2.75, 3.05) is 6.61 Å². The molecule has 0 radical (unpaired) electrons. The highest BCUT2D eigenvalue weighted by Gasteiger charge is 2.55. The van der Waals surface area contributed by atoms with Crippen molar-refractivity contribution in [3.63, 3.8) is 0 Å². The molecule has 0 amide bonds. The Balaban J connectivity index is 1.50. The zero-order valence-corrected chi connectivity index (χ0v) is 20.6. The Hall–Kier alpha value is -3.03. The van der Waals surface area contributed by atoms with Gasteiger partial charge in [-0.1, -0.05) is 91.0 Å². The minimum atomic E-state index is -0.878. The first-order valence-electron chi connectivity index (χ1n) is 12.4. The Morgan fingerprint density at radius 1 is 0.806 bits per heavy atom. The van der Waals surface area contributed by atoms with Crippen LogP contribution in [-0.2, 0) is 29.3 Å². The van der Waals surface area contributed by atoms with Gasteiger partial charge in [0.1, 0.15) is 23.9 Å². The Labute approximate surface area is 211 Å². The third-order valence-corrected chi connectivity index (χ3v) is 6.89. The van der Waals surface area contributed by atoms with Crippen LogP contribution in [0.5, 0.6) is 0 Å². The number of carbonyl (C=O) groups is 1. The van der Waals surface area contributed by atoms with Crippen LogP contribution in [0.4, 0.5) is 0 Å². The lowest BCUT2D eigenvalue weighted by Gasteiger charge is -2.37. The van der Waals surface area contributed by atoms with E-state index in [0.29, 0.717) is 6.42 Å². The van der Waals surface area contributed by atoms with E-state index in [9.17, 15) is 9.90 Å². The minimum absolute atomic E-state index is 0.00718. The van der Waals surface area contributed by atoms with Crippen molar-refractivity contribution in [2.24, 2.45) is 0 Å². The van der Waals surface area contributed by atoms with Crippen LogP contribution in [-0.4, -0.2) is 47.9 Å². The van der Waals surface area contributed by atoms with E-state index in [-0.39, 0.29) is 31.3 Å². The smallest absolute Gasteiger partial charge is 0.303 e. The van der Waals surface area contributed by atoms with Crippen molar-refractivity contribution < 1.29 is 28.8 Å². The van der Waals surface area contributed by atoms with Gasteiger partial charge in [0.2, 0.25) is 0 Å². The predicted octanol–water partition coefficient (Wildman–Crippen LogP) is 5.15. The van der Waals surface area contributed by atoms with Crippen molar-refractivity contribution >= 4 is 5.97 Å². The maximum atomic E-state index is 11.2. The summed E-state index contributed by atoms with van der Waals surface area (Å²) in [6, 6.07) is 30.5. The quantitative estimate of drug-likeness (QED) is 0.420. The van der Waals surface area contributed by atoms with E-state index in [4.69, 9.17) is 18.9 Å². The molecule has 2 saturated heterocycles. The summed E-state index contributed by atoms with van der Waals surface area (Å²) in [6.07, 6.45) is -1.11. The largest absolute Gasteiger partial charge is 0.481 e. The molecule has 0 spiro atoms. The fourth-order valence-electron chi connectivity index (χ4n) is 5.38. The maximum absolute atomic E-state index is 11.2. The molecule has 2 aliphatic heterocycles. The molecule has 1 N–H and O–H groups in total. The summed E-state index contributed by atoms with van der Waals surface area (Å²) < 4.78 is 25.7. The number of carboxylic acids is 1. The molecule has 0 aliphatic carbocycles. The number of rotatable bonds is 9. The number of hydrogen-bond acceptors (Lipinski definition) is 5. The van der Waals surface area contributed by atoms with E-state index in [1.807, 2.05) is 68.4 Å². The molecule has 6 nitrogen and oxygen atoms in total. The lowest BCUT2D eigenvalue weighted by molar-refractivity contribution is -0.196. The van der Waals surface area contributed by atoms with Gasteiger partial charge < -0.3 is 24.1 Å². The highest BCUT2D eigenvalue weighted by atomic mass is 16.8. The summed E-state index contributed by atoms with van der Waals surface area (Å²) in [5, 5.41) is 9.22. The summed E-state index contributed by atoms with van der Waals surface area (Å²) >= 11 is 0. The first-order valence-corrected chi connectivity index (χ1v) is 12.4. The van der Waals surface area contributed by atoms with Crippen molar-refractivity contribution in [3.05, 3.63) is 108 Å². The second kappa shape index (κ2) is 10.1. The maximum Gasteiger partial charge on any atom is 0.303 e. The second-order valence-corrected chi connectivity index (χ2v) is 9.80. The molecule has 0 saturated carbocycles. The highest BCUT2D eigenvalue weighted by Crippen LogP contribution is 2.44. The van der Waals surface area contributed by atoms with Gasteiger partial charge in [-0.05, 0) is 37.0 Å². The molecule has 2 heterocycles. The van der Waals surface area contributed by atoms with E-state index in [0.717, 1.165) is 16.7 Å². The molecule has 4 atom stereocenters. The Morgan fingerprint density at radius 3 is 1.69 bits per heavy atom. The van der Waals surface area contributed by atoms with Gasteiger partial charge >= 0.3 is 5.97 Å². The van der Waals surface area contributed by atoms with Crippen LogP contribution in [0.3, 0.4) is 0 Å². The van der Waals surface area contributed by atoms with Gasteiger partial charge in [-0.3, -0.25) is 4.79 Å². The van der Waals surface area contributed by atoms with Gasteiger partial charge in [-0.25, -0.2) is 0 Å². The van der Waals surface area contributed by atoms with E-state index in [2.05, 4.69) is 36.4 Å². The third kappa shape index (κ3) is 4.82. The van der Waals surface area contributed by atoms with E-state index in [1.54, 1.807) is 0 Å². The molecular weight excluding hydrogens is 456 g/mol. The molecule has 3 aromatic rings. The Bertz CT molecular complexity index is 1050. The van der Waals surface area contributed by atoms with E-state index in [1.165, 1.54) is 0 Å². The van der Waals surface area contributed by atoms with Crippen LogP contribution in [0.15, 0.2) is 91.0 Å². The molecule has 2 aliphatic rings. The number of ether oxygens (including phenoxy) is 4. The number of fused-ring (bicyclic) bond motifs is 1. The number of aliphatic carboxylic acids is 1. The minimum Gasteiger partial charge on any atom is -0.481 e. The number of benzene rings is 3. The van der Waals surface area contributed by atoms with Gasteiger partial charge in [0.05, 0.1) is 12.7 Å². The summed E-state index contributed by atoms with van der Waals surface area (Å²) in [7, 11) is 0. The number of hydrogen-bond donors (Lipinski definition) is 1. The normalized spacial score (nSPS) is 24.9. The van der Waals surface area contributed by atoms with Crippen LogP contribution in [0.2, 0.25) is 0 Å². The van der Waals surface area contributed by atoms with Crippen LogP contribution in [0, 0.1) is 0 Å². The summed E-state index contributed by atoms with van der Waals surface area (Å²) in [5.74, 6) is -1.63. The van der Waals surface area contributed by atoms with E-state index < -0.39 is 23.5 Å². The van der Waals surface area contributed by atoms with Crippen LogP contribution >= 0.6 is 0 Å². The van der Waals surface area contributed by atoms with Gasteiger partial charge in [0.15, 0.2) is 5.79 Å². The van der Waals surface area contributed by atoms with Gasteiger partial charge in [-0.2, -0.15) is 0 Å². The zero-order valence-electron chi connectivity index (χ0n) is 20.6. The lowest BCUT2D eigenvalue weighted by atomic mass is 9.80. The lowest BCUT2D eigenvalue weighted by Crippen LogP contribution is -2.39. The SMILES string of the molecule is CC1(C)O[C@@H]2[C@H](O1)[C@@H](COC(c1ccccc1)(c1ccccc1)c1ccccc1)O[C@H]2CCC(=O)O. The summed E-state index contributed by atoms with van der Waals surface area (Å²) in [4.78, 5) is 11.2. The van der Waals surface area contributed by atoms with Crippen LogP contribution in [0.25, 0.3) is 0 Å². The van der Waals surface area contributed by atoms with Crippen LogP contribution < -0.4 is 0 Å². The monoisotopic (exact) mass is 488 g/mol. The second-order valence-electron chi connectivity index (χ2n) is 9.80. The summed E-state index contributed by atoms with van der Waals surface area (Å²) in [6.45, 7) is 3.99. The first kappa shape index (κ1) is 24.7. The molecular formula is C30H32O6. The number of carboxylic acid groups (broad SMARTS) is 1. The van der Waals surface area contributed by atoms with Crippen LogP contribution in [0.1, 0.15) is 43.4 Å². The molecule has 5 rings (SSSR count). The van der Waals surface area contributed by atoms with Crippen molar-refractivity contribution in [1.82, 2.24) is 0 Å². The predicted molar refractivity (Wildman–Crippen MR) is 135 cm³/mol. The molecule has 188 valence electrons. The average Bonchev–Trinajstić information content (AvgIpc) is 3.38. The Kier molecular flexibility index (Phi) is 6.95. The van der Waals surface area contributed by atoms with Gasteiger partial charge in [-0.15, -0.1) is 0 Å². The van der Waals surface area contributed by atoms with Crippen molar-refractivity contribution in [1.29, 1.82) is 0 Å². The summed E-state index contributed by atoms with van der Waals surface area (Å²) in [5.41, 5.74) is 2.13. The third-order valence-electron chi connectivity index (χ3n) is 6.89. The molecule has 0 unspecified atom stereocenters. The molecule has 0 bridgehead atoms. The standard InChI is InChI=1S/C30H32O6/c1-29(2)35-27-24(18-19-26(31)32)34-25(28(27)36-29)20-33-30(21-12-6-3-7-13-21,22-14-8-4-9-15-22)23-16-10-5-11-17-23/h3-17,24-25,27-28H,18-20H2,1-2H3,(H,31,32)/t24-,25+,27-,28+/m0/s1.